The minimum absolute atomic E-state index is 0. The Morgan fingerprint density at radius 2 is 2.00 bits per heavy atom. The molecule has 0 amide bonds. The second kappa shape index (κ2) is 12.2. The van der Waals surface area contributed by atoms with Crippen LogP contribution in [0.15, 0.2) is 23.2 Å². The molecule has 1 aliphatic rings. The minimum Gasteiger partial charge on any atom is -0.493 e. The van der Waals surface area contributed by atoms with Gasteiger partial charge in [0.15, 0.2) is 17.5 Å². The maximum Gasteiger partial charge on any atom is 0.195 e. The lowest BCUT2D eigenvalue weighted by Crippen LogP contribution is -2.39. The van der Waals surface area contributed by atoms with Crippen LogP contribution in [-0.4, -0.2) is 57.8 Å². The summed E-state index contributed by atoms with van der Waals surface area (Å²) < 4.78 is 10.9. The zero-order valence-electron chi connectivity index (χ0n) is 16.4. The highest BCUT2D eigenvalue weighted by Crippen LogP contribution is 2.30. The number of halogens is 1. The first-order chi connectivity index (χ1) is 12.2. The Bertz CT molecular complexity index is 562. The quantitative estimate of drug-likeness (QED) is 0.342. The van der Waals surface area contributed by atoms with E-state index in [1.165, 1.54) is 25.7 Å². The van der Waals surface area contributed by atoms with E-state index in [0.29, 0.717) is 6.61 Å². The summed E-state index contributed by atoms with van der Waals surface area (Å²) in [6.45, 7) is 4.43. The number of nitrogens with zero attached hydrogens (tertiary/aromatic N) is 2. The molecule has 26 heavy (non-hydrogen) atoms. The Hall–Kier alpha value is -1.22. The number of hydrogen-bond acceptors (Lipinski definition) is 4. The molecule has 2 N–H and O–H groups in total. The molecule has 0 unspecified atom stereocenters. The molecular weight excluding hydrogens is 443 g/mol. The molecule has 0 heterocycles. The van der Waals surface area contributed by atoms with Gasteiger partial charge in [0.25, 0.3) is 0 Å². The molecule has 1 aromatic rings. The van der Waals surface area contributed by atoms with Crippen LogP contribution < -0.4 is 20.1 Å². The molecule has 1 fully saturated rings. The fourth-order valence-corrected chi connectivity index (χ4v) is 3.22. The lowest BCUT2D eigenvalue weighted by molar-refractivity contribution is 0.249. The van der Waals surface area contributed by atoms with E-state index in [2.05, 4.69) is 27.6 Å². The van der Waals surface area contributed by atoms with Gasteiger partial charge in [-0.05, 0) is 38.9 Å². The van der Waals surface area contributed by atoms with Crippen molar-refractivity contribution in [3.05, 3.63) is 18.2 Å². The van der Waals surface area contributed by atoms with Crippen molar-refractivity contribution in [1.82, 2.24) is 10.2 Å². The van der Waals surface area contributed by atoms with Gasteiger partial charge in [0, 0.05) is 37.9 Å². The van der Waals surface area contributed by atoms with Crippen molar-refractivity contribution in [3.63, 3.8) is 0 Å². The normalized spacial score (nSPS) is 14.9. The molecule has 0 aliphatic heterocycles. The number of benzene rings is 1. The summed E-state index contributed by atoms with van der Waals surface area (Å²) >= 11 is 0. The van der Waals surface area contributed by atoms with Gasteiger partial charge in [-0.3, -0.25) is 4.99 Å². The maximum atomic E-state index is 5.62. The van der Waals surface area contributed by atoms with E-state index in [0.717, 1.165) is 42.3 Å². The van der Waals surface area contributed by atoms with Gasteiger partial charge in [0.05, 0.1) is 13.7 Å². The molecule has 1 saturated carbocycles. The lowest BCUT2D eigenvalue weighted by atomic mass is 10.2. The Labute approximate surface area is 174 Å². The molecule has 1 aliphatic carbocycles. The van der Waals surface area contributed by atoms with E-state index < -0.39 is 0 Å². The fraction of sp³-hybridized carbons (Fsp3) is 0.632. The van der Waals surface area contributed by atoms with Crippen LogP contribution in [0.25, 0.3) is 0 Å². The summed E-state index contributed by atoms with van der Waals surface area (Å²) in [4.78, 5) is 6.75. The van der Waals surface area contributed by atoms with E-state index >= 15 is 0 Å². The number of methoxy groups -OCH3 is 1. The average molecular weight is 476 g/mol. The van der Waals surface area contributed by atoms with Crippen molar-refractivity contribution in [1.29, 1.82) is 0 Å². The van der Waals surface area contributed by atoms with Gasteiger partial charge < -0.3 is 25.0 Å². The third-order valence-electron chi connectivity index (χ3n) is 4.65. The largest absolute Gasteiger partial charge is 0.493 e. The maximum absolute atomic E-state index is 5.62. The number of guanidine groups is 1. The molecule has 2 rings (SSSR count). The van der Waals surface area contributed by atoms with E-state index in [4.69, 9.17) is 9.47 Å². The first kappa shape index (κ1) is 22.8. The summed E-state index contributed by atoms with van der Waals surface area (Å²) in [5.74, 6) is 2.22. The second-order valence-electron chi connectivity index (χ2n) is 6.34. The van der Waals surface area contributed by atoms with Gasteiger partial charge in [0.2, 0.25) is 0 Å². The van der Waals surface area contributed by atoms with Crippen molar-refractivity contribution in [2.24, 2.45) is 4.99 Å². The van der Waals surface area contributed by atoms with Gasteiger partial charge in [0.1, 0.15) is 0 Å². The van der Waals surface area contributed by atoms with Crippen molar-refractivity contribution in [2.75, 3.05) is 46.2 Å². The third-order valence-corrected chi connectivity index (χ3v) is 4.65. The SMILES string of the molecule is CCOc1cc(NC(=NC)NCCN(C)C2CCCC2)ccc1OC.I. The number of likely N-dealkylation sites (N-methyl/N-ethyl adjacent to an activating group) is 1. The first-order valence-corrected chi connectivity index (χ1v) is 9.16. The number of nitrogens with one attached hydrogen (secondary N) is 2. The third kappa shape index (κ3) is 6.83. The molecule has 7 heteroatoms. The summed E-state index contributed by atoms with van der Waals surface area (Å²) in [6.07, 6.45) is 5.39. The van der Waals surface area contributed by atoms with Crippen LogP contribution in [0.4, 0.5) is 5.69 Å². The highest BCUT2D eigenvalue weighted by molar-refractivity contribution is 14.0. The standard InChI is InChI=1S/C19H32N4O2.HI/c1-5-25-18-14-15(10-11-17(18)24-4)22-19(20-2)21-12-13-23(3)16-8-6-7-9-16;/h10-11,14,16H,5-9,12-13H2,1-4H3,(H2,20,21,22);1H. The highest BCUT2D eigenvalue weighted by atomic mass is 127. The van der Waals surface area contributed by atoms with Crippen molar-refractivity contribution >= 4 is 35.6 Å². The van der Waals surface area contributed by atoms with Crippen molar-refractivity contribution in [3.8, 4) is 11.5 Å². The Balaban J connectivity index is 0.00000338. The molecular formula is C19H33IN4O2. The van der Waals surface area contributed by atoms with E-state index in [1.54, 1.807) is 14.2 Å². The molecule has 0 saturated heterocycles. The Kier molecular flexibility index (Phi) is 10.7. The summed E-state index contributed by atoms with van der Waals surface area (Å²) in [6, 6.07) is 6.53. The number of hydrogen-bond donors (Lipinski definition) is 2. The van der Waals surface area contributed by atoms with Crippen LogP contribution in [-0.2, 0) is 0 Å². The summed E-state index contributed by atoms with van der Waals surface area (Å²) in [5, 5.41) is 6.68. The molecule has 1 aromatic carbocycles. The van der Waals surface area contributed by atoms with Crippen LogP contribution in [0.1, 0.15) is 32.6 Å². The molecule has 148 valence electrons. The second-order valence-corrected chi connectivity index (χ2v) is 6.34. The van der Waals surface area contributed by atoms with Crippen LogP contribution in [0.3, 0.4) is 0 Å². The Morgan fingerprint density at radius 1 is 1.27 bits per heavy atom. The van der Waals surface area contributed by atoms with Gasteiger partial charge >= 0.3 is 0 Å². The van der Waals surface area contributed by atoms with Crippen LogP contribution in [0, 0.1) is 0 Å². The molecule has 0 spiro atoms. The van der Waals surface area contributed by atoms with Gasteiger partial charge in [-0.25, -0.2) is 0 Å². The fourth-order valence-electron chi connectivity index (χ4n) is 3.22. The highest BCUT2D eigenvalue weighted by Gasteiger charge is 2.18. The number of ether oxygens (including phenoxy) is 2. The van der Waals surface area contributed by atoms with Crippen LogP contribution >= 0.6 is 24.0 Å². The van der Waals surface area contributed by atoms with Crippen molar-refractivity contribution in [2.45, 2.75) is 38.6 Å². The minimum atomic E-state index is 0. The summed E-state index contributed by atoms with van der Waals surface area (Å²) in [7, 11) is 5.64. The van der Waals surface area contributed by atoms with E-state index in [-0.39, 0.29) is 24.0 Å². The predicted octanol–water partition coefficient (Wildman–Crippen LogP) is 3.57. The smallest absolute Gasteiger partial charge is 0.195 e. The number of anilines is 1. The molecule has 0 bridgehead atoms. The van der Waals surface area contributed by atoms with Crippen molar-refractivity contribution < 1.29 is 9.47 Å². The zero-order chi connectivity index (χ0) is 18.1. The molecule has 0 atom stereocenters. The van der Waals surface area contributed by atoms with E-state index in [9.17, 15) is 0 Å². The van der Waals surface area contributed by atoms with Gasteiger partial charge in [-0.1, -0.05) is 12.8 Å². The molecule has 0 aromatic heterocycles. The first-order valence-electron chi connectivity index (χ1n) is 9.16. The van der Waals surface area contributed by atoms with Gasteiger partial charge in [-0.15, -0.1) is 24.0 Å². The van der Waals surface area contributed by atoms with Gasteiger partial charge in [-0.2, -0.15) is 0 Å². The monoisotopic (exact) mass is 476 g/mol. The average Bonchev–Trinajstić information content (AvgIpc) is 3.16. The van der Waals surface area contributed by atoms with E-state index in [1.807, 2.05) is 25.1 Å². The molecule has 6 nitrogen and oxygen atoms in total. The predicted molar refractivity (Wildman–Crippen MR) is 119 cm³/mol. The lowest BCUT2D eigenvalue weighted by Gasteiger charge is -2.24. The number of rotatable bonds is 8. The Morgan fingerprint density at radius 3 is 2.62 bits per heavy atom. The summed E-state index contributed by atoms with van der Waals surface area (Å²) in [5.41, 5.74) is 0.918. The van der Waals surface area contributed by atoms with Crippen LogP contribution in [0.2, 0.25) is 0 Å². The molecule has 0 radical (unpaired) electrons. The zero-order valence-corrected chi connectivity index (χ0v) is 18.7. The van der Waals surface area contributed by atoms with Crippen LogP contribution in [0.5, 0.6) is 11.5 Å². The topological polar surface area (TPSA) is 58.1 Å². The number of aliphatic imine (C=N–C) groups is 1.